The number of nitrogens with one attached hydrogen (secondary N) is 2. The molecule has 5 nitrogen and oxygen atoms in total. The van der Waals surface area contributed by atoms with Crippen molar-refractivity contribution in [2.75, 3.05) is 25.1 Å². The fraction of sp³-hybridized carbons (Fsp3) is 0.375. The molecular weight excluding hydrogens is 315 g/mol. The lowest BCUT2D eigenvalue weighted by Gasteiger charge is -2.08. The summed E-state index contributed by atoms with van der Waals surface area (Å²) < 4.78 is 19.9. The van der Waals surface area contributed by atoms with Crippen molar-refractivity contribution in [3.05, 3.63) is 47.9 Å². The fourth-order valence-electron chi connectivity index (χ4n) is 1.97. The highest BCUT2D eigenvalue weighted by Gasteiger charge is 2.02. The van der Waals surface area contributed by atoms with E-state index in [1.54, 1.807) is 16.8 Å². The molecule has 0 aliphatic carbocycles. The van der Waals surface area contributed by atoms with Crippen LogP contribution in [0.4, 0.5) is 10.2 Å². The number of hydrogen-bond acceptors (Lipinski definition) is 3. The second-order valence-electron chi connectivity index (χ2n) is 4.96. The van der Waals surface area contributed by atoms with Gasteiger partial charge in [0.2, 0.25) is 0 Å². The molecule has 2 rings (SSSR count). The second-order valence-corrected chi connectivity index (χ2v) is 5.36. The number of aromatic nitrogens is 2. The predicted molar refractivity (Wildman–Crippen MR) is 93.1 cm³/mol. The number of hydrogen-bond donors (Lipinski definition) is 2. The van der Waals surface area contributed by atoms with E-state index in [0.717, 1.165) is 31.7 Å². The molecule has 1 aromatic carbocycles. The van der Waals surface area contributed by atoms with Crippen molar-refractivity contribution in [1.29, 1.82) is 0 Å². The Morgan fingerprint density at radius 2 is 2.09 bits per heavy atom. The van der Waals surface area contributed by atoms with Crippen LogP contribution < -0.4 is 10.6 Å². The van der Waals surface area contributed by atoms with Gasteiger partial charge in [-0.2, -0.15) is 5.10 Å². The summed E-state index contributed by atoms with van der Waals surface area (Å²) in [4.78, 5) is 0. The molecule has 7 heteroatoms. The lowest BCUT2D eigenvalue weighted by molar-refractivity contribution is 0.146. The largest absolute Gasteiger partial charge is 0.382 e. The lowest BCUT2D eigenvalue weighted by atomic mass is 10.2. The molecule has 0 radical (unpaired) electrons. The van der Waals surface area contributed by atoms with E-state index in [2.05, 4.69) is 15.7 Å². The molecule has 0 fully saturated rings. The third-order valence-corrected chi connectivity index (χ3v) is 3.34. The maximum absolute atomic E-state index is 12.9. The molecule has 1 heterocycles. The SMILES string of the molecule is CCOCCCNC(=S)Nc1ccn(Cc2ccc(F)cc2)n1. The highest BCUT2D eigenvalue weighted by atomic mass is 32.1. The fourth-order valence-corrected chi connectivity index (χ4v) is 2.18. The Labute approximate surface area is 140 Å². The molecule has 2 N–H and O–H groups in total. The molecule has 0 aliphatic heterocycles. The van der Waals surface area contributed by atoms with Gasteiger partial charge in [-0.3, -0.25) is 4.68 Å². The van der Waals surface area contributed by atoms with E-state index < -0.39 is 0 Å². The molecule has 0 atom stereocenters. The Morgan fingerprint density at radius 3 is 2.83 bits per heavy atom. The zero-order chi connectivity index (χ0) is 16.5. The van der Waals surface area contributed by atoms with Crippen LogP contribution in [-0.4, -0.2) is 34.7 Å². The minimum Gasteiger partial charge on any atom is -0.382 e. The van der Waals surface area contributed by atoms with Crippen molar-refractivity contribution >= 4 is 23.1 Å². The van der Waals surface area contributed by atoms with Crippen LogP contribution in [0.1, 0.15) is 18.9 Å². The summed E-state index contributed by atoms with van der Waals surface area (Å²) >= 11 is 5.21. The molecule has 0 amide bonds. The lowest BCUT2D eigenvalue weighted by Crippen LogP contribution is -2.30. The quantitative estimate of drug-likeness (QED) is 0.573. The molecule has 0 unspecified atom stereocenters. The maximum Gasteiger partial charge on any atom is 0.171 e. The number of rotatable bonds is 8. The van der Waals surface area contributed by atoms with Crippen LogP contribution in [-0.2, 0) is 11.3 Å². The van der Waals surface area contributed by atoms with Crippen LogP contribution in [0.2, 0.25) is 0 Å². The highest BCUT2D eigenvalue weighted by molar-refractivity contribution is 7.80. The Hall–Kier alpha value is -1.99. The van der Waals surface area contributed by atoms with Gasteiger partial charge < -0.3 is 15.4 Å². The molecule has 0 aliphatic rings. The van der Waals surface area contributed by atoms with E-state index in [0.29, 0.717) is 17.5 Å². The van der Waals surface area contributed by atoms with Gasteiger partial charge in [0.05, 0.1) is 6.54 Å². The van der Waals surface area contributed by atoms with E-state index >= 15 is 0 Å². The zero-order valence-corrected chi connectivity index (χ0v) is 13.9. The molecule has 0 spiro atoms. The average molecular weight is 336 g/mol. The first kappa shape index (κ1) is 17.4. The Bertz CT molecular complexity index is 615. The van der Waals surface area contributed by atoms with Gasteiger partial charge in [0.15, 0.2) is 10.9 Å². The van der Waals surface area contributed by atoms with Crippen LogP contribution in [0.15, 0.2) is 36.5 Å². The molecule has 1 aromatic heterocycles. The van der Waals surface area contributed by atoms with Crippen molar-refractivity contribution in [2.45, 2.75) is 19.9 Å². The van der Waals surface area contributed by atoms with Gasteiger partial charge in [0.1, 0.15) is 5.82 Å². The van der Waals surface area contributed by atoms with Crippen molar-refractivity contribution in [3.8, 4) is 0 Å². The first-order valence-electron chi connectivity index (χ1n) is 7.58. The monoisotopic (exact) mass is 336 g/mol. The Balaban J connectivity index is 1.75. The number of ether oxygens (including phenoxy) is 1. The van der Waals surface area contributed by atoms with Crippen LogP contribution in [0, 0.1) is 5.82 Å². The summed E-state index contributed by atoms with van der Waals surface area (Å²) in [6.07, 6.45) is 2.75. The first-order valence-corrected chi connectivity index (χ1v) is 7.98. The predicted octanol–water partition coefficient (Wildman–Crippen LogP) is 2.78. The Kier molecular flexibility index (Phi) is 6.96. The third kappa shape index (κ3) is 6.33. The molecule has 0 saturated heterocycles. The van der Waals surface area contributed by atoms with E-state index in [-0.39, 0.29) is 5.82 Å². The number of benzene rings is 1. The van der Waals surface area contributed by atoms with E-state index in [9.17, 15) is 4.39 Å². The third-order valence-electron chi connectivity index (χ3n) is 3.10. The van der Waals surface area contributed by atoms with Gasteiger partial charge in [-0.1, -0.05) is 12.1 Å². The smallest absolute Gasteiger partial charge is 0.171 e. The minimum absolute atomic E-state index is 0.239. The average Bonchev–Trinajstić information content (AvgIpc) is 2.96. The molecule has 124 valence electrons. The van der Waals surface area contributed by atoms with Crippen molar-refractivity contribution in [1.82, 2.24) is 15.1 Å². The van der Waals surface area contributed by atoms with E-state index in [4.69, 9.17) is 17.0 Å². The second kappa shape index (κ2) is 9.22. The van der Waals surface area contributed by atoms with Gasteiger partial charge in [-0.05, 0) is 43.3 Å². The van der Waals surface area contributed by atoms with Crippen molar-refractivity contribution in [2.24, 2.45) is 0 Å². The Morgan fingerprint density at radius 1 is 1.30 bits per heavy atom. The van der Waals surface area contributed by atoms with Crippen LogP contribution in [0.3, 0.4) is 0 Å². The summed E-state index contributed by atoms with van der Waals surface area (Å²) in [5.74, 6) is 0.437. The number of thiocarbonyl (C=S) groups is 1. The topological polar surface area (TPSA) is 51.1 Å². The minimum atomic E-state index is -0.239. The summed E-state index contributed by atoms with van der Waals surface area (Å²) in [6.45, 7) is 4.76. The van der Waals surface area contributed by atoms with Gasteiger partial charge in [-0.25, -0.2) is 4.39 Å². The van der Waals surface area contributed by atoms with Crippen LogP contribution >= 0.6 is 12.2 Å². The summed E-state index contributed by atoms with van der Waals surface area (Å²) in [6, 6.07) is 8.22. The van der Waals surface area contributed by atoms with Crippen LogP contribution in [0.25, 0.3) is 0 Å². The van der Waals surface area contributed by atoms with Gasteiger partial charge in [0, 0.05) is 32.0 Å². The first-order chi connectivity index (χ1) is 11.2. The van der Waals surface area contributed by atoms with Crippen molar-refractivity contribution < 1.29 is 9.13 Å². The molecular formula is C16H21FN4OS. The van der Waals surface area contributed by atoms with E-state index in [1.165, 1.54) is 12.1 Å². The number of nitrogens with zero attached hydrogens (tertiary/aromatic N) is 2. The number of halogens is 1. The normalized spacial score (nSPS) is 10.5. The summed E-state index contributed by atoms with van der Waals surface area (Å²) in [7, 11) is 0. The summed E-state index contributed by atoms with van der Waals surface area (Å²) in [5, 5.41) is 11.1. The zero-order valence-electron chi connectivity index (χ0n) is 13.1. The summed E-state index contributed by atoms with van der Waals surface area (Å²) in [5.41, 5.74) is 0.984. The van der Waals surface area contributed by atoms with Crippen molar-refractivity contribution in [3.63, 3.8) is 0 Å². The van der Waals surface area contributed by atoms with Crippen LogP contribution in [0.5, 0.6) is 0 Å². The standard InChI is InChI=1S/C16H21FN4OS/c1-2-22-11-3-9-18-16(23)19-15-8-10-21(20-15)12-13-4-6-14(17)7-5-13/h4-8,10H,2-3,9,11-12H2,1H3,(H2,18,19,20,23). The number of anilines is 1. The van der Waals surface area contributed by atoms with E-state index in [1.807, 2.05) is 19.2 Å². The maximum atomic E-state index is 12.9. The van der Waals surface area contributed by atoms with Gasteiger partial charge in [0.25, 0.3) is 0 Å². The molecule has 23 heavy (non-hydrogen) atoms. The molecule has 0 saturated carbocycles. The molecule has 0 bridgehead atoms. The van der Waals surface area contributed by atoms with Gasteiger partial charge in [-0.15, -0.1) is 0 Å². The molecule has 2 aromatic rings. The highest BCUT2D eigenvalue weighted by Crippen LogP contribution is 2.07. The van der Waals surface area contributed by atoms with Gasteiger partial charge >= 0.3 is 0 Å².